The molecule has 0 aliphatic carbocycles. The molecule has 4 atom stereocenters. The minimum Gasteiger partial charge on any atom is -0.478 e. The molecule has 5 rings (SSSR count). The third kappa shape index (κ3) is 9.70. The lowest BCUT2D eigenvalue weighted by Gasteiger charge is -2.41. The molecule has 2 amide bonds. The van der Waals surface area contributed by atoms with Crippen molar-refractivity contribution >= 4 is 29.7 Å². The van der Waals surface area contributed by atoms with Gasteiger partial charge in [0.1, 0.15) is 6.54 Å². The van der Waals surface area contributed by atoms with Gasteiger partial charge in [-0.25, -0.2) is 9.59 Å². The summed E-state index contributed by atoms with van der Waals surface area (Å²) >= 11 is 1.61. The second kappa shape index (κ2) is 17.1. The van der Waals surface area contributed by atoms with Crippen molar-refractivity contribution in [3.63, 3.8) is 0 Å². The Hall–Kier alpha value is -4.68. The average molecular weight is 685 g/mol. The van der Waals surface area contributed by atoms with Crippen LogP contribution in [0.25, 0.3) is 11.1 Å². The number of thioether (sulfide) groups is 1. The molecule has 10 nitrogen and oxygen atoms in total. The largest absolute Gasteiger partial charge is 0.478 e. The number of carboxylic acid groups (broad SMARTS) is 1. The van der Waals surface area contributed by atoms with Gasteiger partial charge in [0.25, 0.3) is 0 Å². The average Bonchev–Trinajstić information content (AvgIpc) is 3.13. The Morgan fingerprint density at radius 3 is 2.22 bits per heavy atom. The van der Waals surface area contributed by atoms with Gasteiger partial charge in [-0.1, -0.05) is 73.7 Å². The Morgan fingerprint density at radius 1 is 0.837 bits per heavy atom. The van der Waals surface area contributed by atoms with E-state index in [1.807, 2.05) is 84.9 Å². The lowest BCUT2D eigenvalue weighted by atomic mass is 9.91. The number of carboxylic acids is 1. The molecule has 4 aromatic rings. The molecule has 0 unspecified atom stereocenters. The van der Waals surface area contributed by atoms with Crippen LogP contribution >= 0.6 is 11.8 Å². The van der Waals surface area contributed by atoms with Crippen molar-refractivity contribution in [1.82, 2.24) is 10.6 Å². The van der Waals surface area contributed by atoms with Crippen LogP contribution in [0.4, 0.5) is 4.79 Å². The zero-order valence-corrected chi connectivity index (χ0v) is 28.2. The van der Waals surface area contributed by atoms with Crippen molar-refractivity contribution in [3.8, 4) is 11.1 Å². The molecule has 49 heavy (non-hydrogen) atoms. The quantitative estimate of drug-likeness (QED) is 0.0918. The molecule has 11 heteroatoms. The summed E-state index contributed by atoms with van der Waals surface area (Å²) < 4.78 is 18.0. The zero-order chi connectivity index (χ0) is 34.8. The number of carbonyl (C=O) groups excluding carboxylic acids is 2. The predicted octanol–water partition coefficient (Wildman–Crippen LogP) is 6.49. The molecule has 1 fully saturated rings. The summed E-state index contributed by atoms with van der Waals surface area (Å²) in [4.78, 5) is 35.8. The number of esters is 1. The molecule has 1 aliphatic rings. The van der Waals surface area contributed by atoms with Gasteiger partial charge in [0.15, 0.2) is 6.29 Å². The van der Waals surface area contributed by atoms with E-state index < -0.39 is 24.3 Å². The smallest absolute Gasteiger partial charge is 0.335 e. The van der Waals surface area contributed by atoms with Crippen molar-refractivity contribution in [2.24, 2.45) is 5.92 Å². The van der Waals surface area contributed by atoms with Crippen LogP contribution in [0.3, 0.4) is 0 Å². The third-order valence-corrected chi connectivity index (χ3v) is 9.33. The number of benzene rings is 4. The van der Waals surface area contributed by atoms with Gasteiger partial charge >= 0.3 is 18.0 Å². The second-order valence-corrected chi connectivity index (χ2v) is 12.7. The molecule has 1 heterocycles. The van der Waals surface area contributed by atoms with Gasteiger partial charge in [0.2, 0.25) is 0 Å². The van der Waals surface area contributed by atoms with E-state index in [-0.39, 0.29) is 50.0 Å². The normalized spacial score (nSPS) is 18.8. The van der Waals surface area contributed by atoms with Crippen LogP contribution in [0.1, 0.15) is 58.9 Å². The molecule has 4 N–H and O–H groups in total. The van der Waals surface area contributed by atoms with Gasteiger partial charge in [-0.2, -0.15) is 0 Å². The Kier molecular flexibility index (Phi) is 12.4. The van der Waals surface area contributed by atoms with Crippen molar-refractivity contribution in [3.05, 3.63) is 125 Å². The maximum absolute atomic E-state index is 12.1. The Balaban J connectivity index is 1.28. The van der Waals surface area contributed by atoms with E-state index in [1.165, 1.54) is 0 Å². The number of hydrogen-bond acceptors (Lipinski definition) is 8. The molecule has 0 bridgehead atoms. The molecule has 256 valence electrons. The number of aliphatic hydroxyl groups excluding tert-OH is 1. The number of hydrogen-bond donors (Lipinski definition) is 4. The van der Waals surface area contributed by atoms with Gasteiger partial charge in [-0.05, 0) is 65.1 Å². The highest BCUT2D eigenvalue weighted by Gasteiger charge is 2.38. The first-order chi connectivity index (χ1) is 23.7. The summed E-state index contributed by atoms with van der Waals surface area (Å²) in [5.74, 6) is -0.809. The van der Waals surface area contributed by atoms with Gasteiger partial charge in [-0.3, -0.25) is 4.79 Å². The molecule has 0 aromatic heterocycles. The van der Waals surface area contributed by atoms with E-state index >= 15 is 0 Å². The van der Waals surface area contributed by atoms with Crippen molar-refractivity contribution in [2.75, 3.05) is 18.9 Å². The Labute approximate surface area is 289 Å². The maximum Gasteiger partial charge on any atom is 0.335 e. The highest BCUT2D eigenvalue weighted by Crippen LogP contribution is 2.43. The lowest BCUT2D eigenvalue weighted by Crippen LogP contribution is -2.38. The summed E-state index contributed by atoms with van der Waals surface area (Å²) in [6.45, 7) is 4.12. The van der Waals surface area contributed by atoms with Crippen LogP contribution in [0.5, 0.6) is 0 Å². The lowest BCUT2D eigenvalue weighted by molar-refractivity contribution is -0.268. The summed E-state index contributed by atoms with van der Waals surface area (Å²) in [6.07, 6.45) is -1.06. The van der Waals surface area contributed by atoms with Crippen LogP contribution in [-0.2, 0) is 32.2 Å². The van der Waals surface area contributed by atoms with Gasteiger partial charge in [-0.15, -0.1) is 11.8 Å². The summed E-state index contributed by atoms with van der Waals surface area (Å²) in [7, 11) is 0. The van der Waals surface area contributed by atoms with E-state index in [2.05, 4.69) is 17.6 Å². The molecule has 4 aromatic carbocycles. The predicted molar refractivity (Wildman–Crippen MR) is 186 cm³/mol. The highest BCUT2D eigenvalue weighted by molar-refractivity contribution is 7.99. The molecule has 0 radical (unpaired) electrons. The van der Waals surface area contributed by atoms with Crippen molar-refractivity contribution in [2.45, 2.75) is 50.4 Å². The summed E-state index contributed by atoms with van der Waals surface area (Å²) in [6, 6.07) is 30.0. The van der Waals surface area contributed by atoms with Crippen LogP contribution in [0.2, 0.25) is 0 Å². The fourth-order valence-corrected chi connectivity index (χ4v) is 6.55. The minimum absolute atomic E-state index is 0.00452. The topological polar surface area (TPSA) is 143 Å². The Bertz CT molecular complexity index is 1710. The molecular formula is C38H40N2O8S. The van der Waals surface area contributed by atoms with E-state index in [0.29, 0.717) is 5.75 Å². The third-order valence-electron chi connectivity index (χ3n) is 8.23. The Morgan fingerprint density at radius 2 is 1.55 bits per heavy atom. The molecule has 1 saturated heterocycles. The van der Waals surface area contributed by atoms with Crippen LogP contribution in [0, 0.1) is 5.92 Å². The van der Waals surface area contributed by atoms with Gasteiger partial charge in [0.05, 0.1) is 31.0 Å². The second-order valence-electron chi connectivity index (χ2n) is 11.6. The monoisotopic (exact) mass is 684 g/mol. The number of ether oxygens (including phenoxy) is 3. The number of carbonyl (C=O) groups is 3. The van der Waals surface area contributed by atoms with E-state index in [9.17, 15) is 24.6 Å². The number of aromatic carboxylic acids is 1. The number of nitrogens with one attached hydrogen (secondary N) is 2. The number of amides is 2. The number of rotatable bonds is 13. The minimum atomic E-state index is -0.958. The van der Waals surface area contributed by atoms with Crippen molar-refractivity contribution < 1.29 is 38.8 Å². The van der Waals surface area contributed by atoms with E-state index in [0.717, 1.165) is 38.3 Å². The molecule has 0 spiro atoms. The van der Waals surface area contributed by atoms with Crippen LogP contribution < -0.4 is 10.6 Å². The van der Waals surface area contributed by atoms with E-state index in [4.69, 9.17) is 14.2 Å². The van der Waals surface area contributed by atoms with Gasteiger partial charge in [0, 0.05) is 28.7 Å². The fourth-order valence-electron chi connectivity index (χ4n) is 5.48. The fraction of sp³-hybridized carbons (Fsp3) is 0.289. The number of urea groups is 1. The standard InChI is InChI=1S/C38H40N2O8S/c1-3-46-34(42)21-40-38(45)39-20-26-5-4-6-31(19-26)27-11-13-30(14-12-27)37-47-33(23-49-32-17-15-29(16-18-32)36(43)44)24(2)35(48-37)28-9-7-25(22-41)8-10-28/h4-19,24,33,35,37,41H,3,20-23H2,1-2H3,(H,43,44)(H2,39,40,45)/t24-,33+,35+,37+/m0/s1. The number of aliphatic hydroxyl groups is 1. The molecule has 0 saturated carbocycles. The first kappa shape index (κ1) is 35.6. The van der Waals surface area contributed by atoms with Crippen LogP contribution in [0.15, 0.2) is 102 Å². The highest BCUT2D eigenvalue weighted by atomic mass is 32.2. The summed E-state index contributed by atoms with van der Waals surface area (Å²) in [5.41, 5.74) is 5.78. The van der Waals surface area contributed by atoms with Crippen LogP contribution in [-0.4, -0.2) is 53.2 Å². The van der Waals surface area contributed by atoms with Crippen molar-refractivity contribution in [1.29, 1.82) is 0 Å². The first-order valence-corrected chi connectivity index (χ1v) is 17.1. The first-order valence-electron chi connectivity index (χ1n) is 16.1. The van der Waals surface area contributed by atoms with Gasteiger partial charge < -0.3 is 35.1 Å². The SMILES string of the molecule is CCOC(=O)CNC(=O)NCc1cccc(-c2ccc([C@@H]3O[C@H](CSc4ccc(C(=O)O)cc4)[C@H](C)[C@H](c4ccc(CO)cc4)O3)cc2)c1. The maximum atomic E-state index is 12.1. The molecular weight excluding hydrogens is 644 g/mol. The van der Waals surface area contributed by atoms with E-state index in [1.54, 1.807) is 30.8 Å². The molecule has 1 aliphatic heterocycles. The zero-order valence-electron chi connectivity index (χ0n) is 27.3. The summed E-state index contributed by atoms with van der Waals surface area (Å²) in [5, 5.41) is 24.0.